The van der Waals surface area contributed by atoms with Gasteiger partial charge in [-0.3, -0.25) is 4.79 Å². The fraction of sp³-hybridized carbons (Fsp3) is 0.750. The zero-order valence-corrected chi connectivity index (χ0v) is 9.76. The molecule has 0 aliphatic rings. The van der Waals surface area contributed by atoms with Gasteiger partial charge in [0.15, 0.2) is 0 Å². The van der Waals surface area contributed by atoms with Crippen molar-refractivity contribution in [2.45, 2.75) is 45.4 Å². The first-order valence-corrected chi connectivity index (χ1v) is 5.79. The van der Waals surface area contributed by atoms with Crippen LogP contribution in [-0.4, -0.2) is 19.2 Å². The van der Waals surface area contributed by atoms with Crippen LogP contribution in [0.4, 0.5) is 0 Å². The molecule has 3 nitrogen and oxygen atoms in total. The topological polar surface area (TPSA) is 38.3 Å². The highest BCUT2D eigenvalue weighted by atomic mass is 16.5. The zero-order chi connectivity index (χ0) is 11.4. The van der Waals surface area contributed by atoms with Gasteiger partial charge in [-0.05, 0) is 12.5 Å². The largest absolute Gasteiger partial charge is 0.361 e. The van der Waals surface area contributed by atoms with E-state index in [1.807, 2.05) is 0 Å². The summed E-state index contributed by atoms with van der Waals surface area (Å²) in [5, 5.41) is 2.56. The average molecular weight is 213 g/mol. The molecule has 1 N–H and O–H groups in total. The number of carbonyl (C=O) groups is 1. The van der Waals surface area contributed by atoms with Gasteiger partial charge in [-0.1, -0.05) is 45.6 Å². The second-order valence-corrected chi connectivity index (χ2v) is 3.57. The SMILES string of the molecule is C=CC(=O)NCOCCCCCCCC. The highest BCUT2D eigenvalue weighted by Gasteiger charge is 1.93. The second-order valence-electron chi connectivity index (χ2n) is 3.57. The standard InChI is InChI=1S/C12H23NO2/c1-3-5-6-7-8-9-10-15-11-13-12(14)4-2/h4H,2-3,5-11H2,1H3,(H,13,14). The van der Waals surface area contributed by atoms with Gasteiger partial charge in [-0.15, -0.1) is 0 Å². The van der Waals surface area contributed by atoms with Crippen molar-refractivity contribution in [3.05, 3.63) is 12.7 Å². The Morgan fingerprint density at radius 2 is 1.93 bits per heavy atom. The Kier molecular flexibility index (Phi) is 10.6. The smallest absolute Gasteiger partial charge is 0.245 e. The highest BCUT2D eigenvalue weighted by molar-refractivity contribution is 5.86. The molecule has 0 rings (SSSR count). The Balaban J connectivity index is 2.98. The Hall–Kier alpha value is -0.830. The van der Waals surface area contributed by atoms with Crippen LogP contribution in [0, 0.1) is 0 Å². The highest BCUT2D eigenvalue weighted by Crippen LogP contribution is 2.04. The van der Waals surface area contributed by atoms with E-state index in [1.165, 1.54) is 38.2 Å². The third kappa shape index (κ3) is 11.1. The molecule has 0 aliphatic heterocycles. The maximum atomic E-state index is 10.7. The van der Waals surface area contributed by atoms with Crippen LogP contribution in [0.15, 0.2) is 12.7 Å². The number of hydrogen-bond acceptors (Lipinski definition) is 2. The fourth-order valence-corrected chi connectivity index (χ4v) is 1.25. The number of ether oxygens (including phenoxy) is 1. The van der Waals surface area contributed by atoms with E-state index in [-0.39, 0.29) is 5.91 Å². The lowest BCUT2D eigenvalue weighted by Crippen LogP contribution is -2.24. The predicted octanol–water partition coefficient (Wildman–Crippen LogP) is 2.62. The van der Waals surface area contributed by atoms with Crippen LogP contribution < -0.4 is 5.32 Å². The van der Waals surface area contributed by atoms with Crippen LogP contribution in [0.5, 0.6) is 0 Å². The van der Waals surface area contributed by atoms with Crippen molar-refractivity contribution in [2.75, 3.05) is 13.3 Å². The van der Waals surface area contributed by atoms with Crippen molar-refractivity contribution < 1.29 is 9.53 Å². The lowest BCUT2D eigenvalue weighted by molar-refractivity contribution is -0.118. The molecule has 0 spiro atoms. The zero-order valence-electron chi connectivity index (χ0n) is 9.76. The Morgan fingerprint density at radius 3 is 2.60 bits per heavy atom. The molecular weight excluding hydrogens is 190 g/mol. The van der Waals surface area contributed by atoms with E-state index < -0.39 is 0 Å². The van der Waals surface area contributed by atoms with Gasteiger partial charge < -0.3 is 10.1 Å². The predicted molar refractivity (Wildman–Crippen MR) is 62.5 cm³/mol. The van der Waals surface area contributed by atoms with Crippen LogP contribution in [-0.2, 0) is 9.53 Å². The van der Waals surface area contributed by atoms with Gasteiger partial charge in [0.05, 0.1) is 0 Å². The molecule has 0 aromatic rings. The van der Waals surface area contributed by atoms with Crippen LogP contribution in [0.1, 0.15) is 45.4 Å². The van der Waals surface area contributed by atoms with Gasteiger partial charge in [0.25, 0.3) is 0 Å². The molecule has 0 atom stereocenters. The molecule has 0 bridgehead atoms. The van der Waals surface area contributed by atoms with Crippen LogP contribution in [0.3, 0.4) is 0 Å². The van der Waals surface area contributed by atoms with Gasteiger partial charge in [0, 0.05) is 6.61 Å². The lowest BCUT2D eigenvalue weighted by atomic mass is 10.1. The van der Waals surface area contributed by atoms with Crippen molar-refractivity contribution >= 4 is 5.91 Å². The molecule has 0 aromatic carbocycles. The summed E-state index contributed by atoms with van der Waals surface area (Å²) < 4.78 is 5.23. The molecule has 0 heterocycles. The van der Waals surface area contributed by atoms with Gasteiger partial charge in [0.1, 0.15) is 6.73 Å². The number of amides is 1. The van der Waals surface area contributed by atoms with E-state index in [9.17, 15) is 4.79 Å². The molecule has 0 unspecified atom stereocenters. The summed E-state index contributed by atoms with van der Waals surface area (Å²) in [6.07, 6.45) is 8.76. The van der Waals surface area contributed by atoms with Crippen molar-refractivity contribution in [2.24, 2.45) is 0 Å². The second kappa shape index (κ2) is 11.2. The first-order chi connectivity index (χ1) is 7.31. The maximum Gasteiger partial charge on any atom is 0.245 e. The summed E-state index contributed by atoms with van der Waals surface area (Å²) in [5.41, 5.74) is 0. The monoisotopic (exact) mass is 213 g/mol. The Morgan fingerprint density at radius 1 is 1.27 bits per heavy atom. The minimum Gasteiger partial charge on any atom is -0.361 e. The van der Waals surface area contributed by atoms with Crippen LogP contribution in [0.2, 0.25) is 0 Å². The van der Waals surface area contributed by atoms with Gasteiger partial charge in [-0.25, -0.2) is 0 Å². The molecule has 0 fully saturated rings. The normalized spacial score (nSPS) is 9.93. The molecule has 15 heavy (non-hydrogen) atoms. The van der Waals surface area contributed by atoms with E-state index in [0.29, 0.717) is 6.73 Å². The molecule has 88 valence electrons. The van der Waals surface area contributed by atoms with E-state index in [2.05, 4.69) is 18.8 Å². The van der Waals surface area contributed by atoms with Crippen LogP contribution in [0.25, 0.3) is 0 Å². The first kappa shape index (κ1) is 14.2. The fourth-order valence-electron chi connectivity index (χ4n) is 1.25. The quantitative estimate of drug-likeness (QED) is 0.344. The molecule has 0 aliphatic carbocycles. The van der Waals surface area contributed by atoms with Gasteiger partial charge in [-0.2, -0.15) is 0 Å². The van der Waals surface area contributed by atoms with E-state index >= 15 is 0 Å². The summed E-state index contributed by atoms with van der Waals surface area (Å²) in [5.74, 6) is -0.182. The molecule has 0 saturated heterocycles. The van der Waals surface area contributed by atoms with Gasteiger partial charge in [0.2, 0.25) is 5.91 Å². The minimum absolute atomic E-state index is 0.182. The number of hydrogen-bond donors (Lipinski definition) is 1. The number of carbonyl (C=O) groups excluding carboxylic acids is 1. The average Bonchev–Trinajstić information content (AvgIpc) is 2.26. The molecule has 3 heteroatoms. The van der Waals surface area contributed by atoms with Crippen molar-refractivity contribution in [3.63, 3.8) is 0 Å². The number of rotatable bonds is 10. The molecule has 1 amide bonds. The maximum absolute atomic E-state index is 10.7. The third-order valence-electron chi connectivity index (χ3n) is 2.18. The van der Waals surface area contributed by atoms with E-state index in [4.69, 9.17) is 4.74 Å². The summed E-state index contributed by atoms with van der Waals surface area (Å²) in [6.45, 7) is 6.58. The molecule has 0 aromatic heterocycles. The number of nitrogens with one attached hydrogen (secondary N) is 1. The molecule has 0 saturated carbocycles. The molecule has 0 radical (unpaired) electrons. The summed E-state index contributed by atoms with van der Waals surface area (Å²) >= 11 is 0. The molecular formula is C12H23NO2. The van der Waals surface area contributed by atoms with E-state index in [1.54, 1.807) is 0 Å². The first-order valence-electron chi connectivity index (χ1n) is 5.79. The third-order valence-corrected chi connectivity index (χ3v) is 2.18. The van der Waals surface area contributed by atoms with E-state index in [0.717, 1.165) is 13.0 Å². The summed E-state index contributed by atoms with van der Waals surface area (Å²) in [4.78, 5) is 10.7. The Labute approximate surface area is 92.9 Å². The van der Waals surface area contributed by atoms with Crippen molar-refractivity contribution in [3.8, 4) is 0 Å². The minimum atomic E-state index is -0.182. The Bertz CT molecular complexity index is 169. The van der Waals surface area contributed by atoms with Gasteiger partial charge >= 0.3 is 0 Å². The van der Waals surface area contributed by atoms with Crippen molar-refractivity contribution in [1.82, 2.24) is 5.32 Å². The summed E-state index contributed by atoms with van der Waals surface area (Å²) in [6, 6.07) is 0. The van der Waals surface area contributed by atoms with Crippen LogP contribution >= 0.6 is 0 Å². The van der Waals surface area contributed by atoms with Crippen molar-refractivity contribution in [1.29, 1.82) is 0 Å². The summed E-state index contributed by atoms with van der Waals surface area (Å²) in [7, 11) is 0. The lowest BCUT2D eigenvalue weighted by Gasteiger charge is -2.04. The number of unbranched alkanes of at least 4 members (excludes halogenated alkanes) is 5.